The summed E-state index contributed by atoms with van der Waals surface area (Å²) in [7, 11) is -4.25. The smallest absolute Gasteiger partial charge is 0.298 e. The number of hydrogen-bond acceptors (Lipinski definition) is 6. The van der Waals surface area contributed by atoms with E-state index in [2.05, 4.69) is 15.0 Å². The molecule has 1 aromatic carbocycles. The number of sulfonamides is 1. The van der Waals surface area contributed by atoms with Gasteiger partial charge in [0.25, 0.3) is 0 Å². The third kappa shape index (κ3) is 5.94. The fourth-order valence-electron chi connectivity index (χ4n) is 3.93. The van der Waals surface area contributed by atoms with Gasteiger partial charge in [0.05, 0.1) is 16.0 Å². The maximum Gasteiger partial charge on any atom is 0.451 e. The zero-order valence-electron chi connectivity index (χ0n) is 18.8. The molecule has 0 radical (unpaired) electrons. The fraction of sp³-hybridized carbons (Fsp3) is 0.304. The molecular formula is C23H18ClF5N4O3S. The molecular weight excluding hydrogens is 543 g/mol. The molecule has 2 atom stereocenters. The molecule has 1 aliphatic rings. The minimum absolute atomic E-state index is 0.0301. The van der Waals surface area contributed by atoms with E-state index in [1.54, 1.807) is 0 Å². The van der Waals surface area contributed by atoms with E-state index < -0.39 is 52.4 Å². The molecule has 0 spiro atoms. The fourth-order valence-corrected chi connectivity index (χ4v) is 5.79. The van der Waals surface area contributed by atoms with Gasteiger partial charge in [-0.3, -0.25) is 9.78 Å². The van der Waals surface area contributed by atoms with Gasteiger partial charge in [0.1, 0.15) is 12.0 Å². The first kappa shape index (κ1) is 27.0. The molecule has 3 aromatic rings. The molecule has 7 nitrogen and oxygen atoms in total. The number of carbonyl (C=O) groups is 1. The number of ketones is 1. The van der Waals surface area contributed by atoms with Crippen molar-refractivity contribution in [2.45, 2.75) is 42.5 Å². The van der Waals surface area contributed by atoms with Gasteiger partial charge in [-0.25, -0.2) is 27.2 Å². The van der Waals surface area contributed by atoms with E-state index in [1.165, 1.54) is 12.3 Å². The molecule has 196 valence electrons. The van der Waals surface area contributed by atoms with E-state index in [0.717, 1.165) is 41.0 Å². The van der Waals surface area contributed by atoms with Crippen LogP contribution >= 0.6 is 11.6 Å². The Bertz CT molecular complexity index is 1400. The van der Waals surface area contributed by atoms with Crippen molar-refractivity contribution in [2.75, 3.05) is 6.54 Å². The van der Waals surface area contributed by atoms with Gasteiger partial charge in [0.2, 0.25) is 15.8 Å². The monoisotopic (exact) mass is 560 g/mol. The van der Waals surface area contributed by atoms with Gasteiger partial charge in [-0.15, -0.1) is 0 Å². The van der Waals surface area contributed by atoms with E-state index in [1.807, 2.05) is 0 Å². The molecule has 0 unspecified atom stereocenters. The van der Waals surface area contributed by atoms with Gasteiger partial charge in [-0.2, -0.15) is 17.5 Å². The van der Waals surface area contributed by atoms with Crippen molar-refractivity contribution in [3.8, 4) is 11.1 Å². The summed E-state index contributed by atoms with van der Waals surface area (Å²) in [5.74, 6) is -2.49. The summed E-state index contributed by atoms with van der Waals surface area (Å²) in [5.41, 5.74) is 0.828. The Hall–Kier alpha value is -3.03. The summed E-state index contributed by atoms with van der Waals surface area (Å²) >= 11 is 6.13. The number of halogens is 6. The van der Waals surface area contributed by atoms with E-state index in [9.17, 15) is 35.2 Å². The van der Waals surface area contributed by atoms with E-state index in [0.29, 0.717) is 5.69 Å². The van der Waals surface area contributed by atoms with Crippen LogP contribution < -0.4 is 0 Å². The summed E-state index contributed by atoms with van der Waals surface area (Å²) in [6.45, 7) is -0.507. The Labute approximate surface area is 213 Å². The molecule has 0 N–H and O–H groups in total. The summed E-state index contributed by atoms with van der Waals surface area (Å²) in [6, 6.07) is 4.21. The summed E-state index contributed by atoms with van der Waals surface area (Å²) in [6.07, 6.45) is -3.55. The van der Waals surface area contributed by atoms with Gasteiger partial charge in [0, 0.05) is 54.8 Å². The van der Waals surface area contributed by atoms with Crippen LogP contribution in [-0.2, 0) is 27.4 Å². The van der Waals surface area contributed by atoms with Crippen LogP contribution in [0.4, 0.5) is 22.0 Å². The second-order valence-electron chi connectivity index (χ2n) is 8.29. The first-order valence-electron chi connectivity index (χ1n) is 10.8. The number of alkyl halides is 4. The quantitative estimate of drug-likeness (QED) is 0.391. The zero-order chi connectivity index (χ0) is 27.0. The molecule has 3 heterocycles. The van der Waals surface area contributed by atoms with Crippen LogP contribution in [0.15, 0.2) is 53.8 Å². The van der Waals surface area contributed by atoms with Crippen LogP contribution in [0.25, 0.3) is 11.1 Å². The molecule has 1 saturated heterocycles. The number of nitrogens with zero attached hydrogens (tertiary/aromatic N) is 4. The topological polar surface area (TPSA) is 93.1 Å². The molecule has 4 rings (SSSR count). The predicted molar refractivity (Wildman–Crippen MR) is 122 cm³/mol. The number of rotatable bonds is 7. The number of benzene rings is 1. The van der Waals surface area contributed by atoms with Crippen LogP contribution in [0, 0.1) is 5.82 Å². The van der Waals surface area contributed by atoms with Gasteiger partial charge in [-0.1, -0.05) is 11.6 Å². The van der Waals surface area contributed by atoms with E-state index >= 15 is 0 Å². The third-order valence-electron chi connectivity index (χ3n) is 5.75. The van der Waals surface area contributed by atoms with Crippen molar-refractivity contribution in [2.24, 2.45) is 0 Å². The number of pyridine rings is 1. The van der Waals surface area contributed by atoms with Crippen LogP contribution in [0.3, 0.4) is 0 Å². The highest BCUT2D eigenvalue weighted by molar-refractivity contribution is 7.89. The Morgan fingerprint density at radius 1 is 1.08 bits per heavy atom. The molecule has 0 amide bonds. The first-order chi connectivity index (χ1) is 17.4. The predicted octanol–water partition coefficient (Wildman–Crippen LogP) is 4.65. The second kappa shape index (κ2) is 10.4. The van der Waals surface area contributed by atoms with Crippen molar-refractivity contribution in [3.05, 3.63) is 71.3 Å². The highest BCUT2D eigenvalue weighted by atomic mass is 35.5. The van der Waals surface area contributed by atoms with Gasteiger partial charge < -0.3 is 0 Å². The lowest BCUT2D eigenvalue weighted by molar-refractivity contribution is -0.145. The Balaban J connectivity index is 1.50. The molecule has 1 fully saturated rings. The molecule has 0 saturated carbocycles. The molecule has 0 bridgehead atoms. The zero-order valence-corrected chi connectivity index (χ0v) is 20.4. The number of aromatic nitrogens is 3. The largest absolute Gasteiger partial charge is 0.451 e. The molecule has 14 heteroatoms. The maximum atomic E-state index is 14.2. The van der Waals surface area contributed by atoms with Crippen molar-refractivity contribution < 1.29 is 35.2 Å². The van der Waals surface area contributed by atoms with Crippen molar-refractivity contribution in [1.82, 2.24) is 19.3 Å². The second-order valence-corrected chi connectivity index (χ2v) is 10.6. The highest BCUT2D eigenvalue weighted by Crippen LogP contribution is 2.32. The SMILES string of the molecule is O=C(CCc1cc(-c2cnc(C(F)(F)F)nc2)c(Cl)cn1)[C@@H]1C[C@@H](F)CN1S(=O)(=O)c1ccc(F)cc1. The Morgan fingerprint density at radius 3 is 2.35 bits per heavy atom. The lowest BCUT2D eigenvalue weighted by atomic mass is 10.0. The van der Waals surface area contributed by atoms with Crippen molar-refractivity contribution in [1.29, 1.82) is 0 Å². The lowest BCUT2D eigenvalue weighted by Crippen LogP contribution is -2.40. The van der Waals surface area contributed by atoms with Gasteiger partial charge in [-0.05, 0) is 36.8 Å². The summed E-state index contributed by atoms with van der Waals surface area (Å²) in [5, 5.41) is 0.117. The van der Waals surface area contributed by atoms with Gasteiger partial charge in [0.15, 0.2) is 5.78 Å². The normalized spacial score (nSPS) is 18.8. The minimum atomic E-state index is -4.71. The lowest BCUT2D eigenvalue weighted by Gasteiger charge is -2.22. The maximum absolute atomic E-state index is 14.2. The number of hydrogen-bond donors (Lipinski definition) is 0. The molecule has 37 heavy (non-hydrogen) atoms. The third-order valence-corrected chi connectivity index (χ3v) is 7.94. The number of Topliss-reactive ketones (excluding diaryl/α,β-unsaturated/α-hetero) is 1. The molecule has 1 aliphatic heterocycles. The average molecular weight is 561 g/mol. The van der Waals surface area contributed by atoms with E-state index in [-0.39, 0.29) is 40.3 Å². The highest BCUT2D eigenvalue weighted by Gasteiger charge is 2.43. The van der Waals surface area contributed by atoms with Crippen molar-refractivity contribution >= 4 is 27.4 Å². The average Bonchev–Trinajstić information content (AvgIpc) is 3.26. The minimum Gasteiger partial charge on any atom is -0.298 e. The number of carbonyl (C=O) groups excluding carboxylic acids is 1. The van der Waals surface area contributed by atoms with Crippen LogP contribution in [0.2, 0.25) is 5.02 Å². The first-order valence-corrected chi connectivity index (χ1v) is 12.7. The van der Waals surface area contributed by atoms with Crippen LogP contribution in [-0.4, -0.2) is 52.2 Å². The molecule has 0 aliphatic carbocycles. The summed E-state index contributed by atoms with van der Waals surface area (Å²) < 4.78 is 92.4. The Kier molecular flexibility index (Phi) is 7.58. The van der Waals surface area contributed by atoms with Crippen LogP contribution in [0.1, 0.15) is 24.4 Å². The van der Waals surface area contributed by atoms with Crippen LogP contribution in [0.5, 0.6) is 0 Å². The Morgan fingerprint density at radius 2 is 1.73 bits per heavy atom. The standard InChI is InChI=1S/C23H18ClF5N4O3S/c24-19-11-30-16(8-18(19)13-9-31-22(32-10-13)23(27,28)29)3-6-21(34)20-7-15(26)12-33(20)37(35,36)17-4-1-14(25)2-5-17/h1-2,4-5,8-11,15,20H,3,6-7,12H2/t15-,20+/m1/s1. The number of aryl methyl sites for hydroxylation is 1. The van der Waals surface area contributed by atoms with E-state index in [4.69, 9.17) is 11.6 Å². The van der Waals surface area contributed by atoms with Crippen molar-refractivity contribution in [3.63, 3.8) is 0 Å². The molecule has 2 aromatic heterocycles. The summed E-state index contributed by atoms with van der Waals surface area (Å²) in [4.78, 5) is 23.4. The van der Waals surface area contributed by atoms with Gasteiger partial charge >= 0.3 is 6.18 Å².